The number of ether oxygens (including phenoxy) is 3. The van der Waals surface area contributed by atoms with Gasteiger partial charge < -0.3 is 19.5 Å². The molecule has 2 N–H and O–H groups in total. The molecule has 10 heteroatoms. The van der Waals surface area contributed by atoms with Crippen molar-refractivity contribution in [1.82, 2.24) is 5.43 Å². The average Bonchev–Trinajstić information content (AvgIpc) is 2.86. The third-order valence-corrected chi connectivity index (χ3v) is 5.26. The van der Waals surface area contributed by atoms with Crippen LogP contribution in [-0.2, 0) is 16.2 Å². The van der Waals surface area contributed by atoms with E-state index in [2.05, 4.69) is 15.8 Å². The van der Waals surface area contributed by atoms with E-state index in [1.165, 1.54) is 6.21 Å². The molecule has 0 fully saturated rings. The lowest BCUT2D eigenvalue weighted by Crippen LogP contribution is -2.32. The summed E-state index contributed by atoms with van der Waals surface area (Å²) in [6.45, 7) is 4.90. The lowest BCUT2D eigenvalue weighted by Gasteiger charge is -2.13. The molecule has 0 saturated carbocycles. The van der Waals surface area contributed by atoms with Crippen LogP contribution in [0.4, 0.5) is 5.69 Å². The van der Waals surface area contributed by atoms with E-state index >= 15 is 0 Å². The highest BCUT2D eigenvalue weighted by Gasteiger charge is 2.13. The van der Waals surface area contributed by atoms with Gasteiger partial charge in [-0.15, -0.1) is 0 Å². The number of anilines is 1. The number of hydrazone groups is 1. The summed E-state index contributed by atoms with van der Waals surface area (Å²) in [6, 6.07) is 17.0. The number of rotatable bonds is 10. The van der Waals surface area contributed by atoms with Gasteiger partial charge in [-0.1, -0.05) is 29.3 Å². The van der Waals surface area contributed by atoms with Gasteiger partial charge in [0.25, 0.3) is 0 Å². The second kappa shape index (κ2) is 13.4. The Morgan fingerprint density at radius 3 is 2.31 bits per heavy atom. The Hall–Kier alpha value is -3.75. The largest absolute Gasteiger partial charge is 0.494 e. The van der Waals surface area contributed by atoms with Gasteiger partial charge in [0.15, 0.2) is 11.5 Å². The van der Waals surface area contributed by atoms with Crippen LogP contribution >= 0.6 is 23.2 Å². The van der Waals surface area contributed by atoms with Crippen LogP contribution in [0.1, 0.15) is 25.0 Å². The van der Waals surface area contributed by atoms with Gasteiger partial charge in [-0.3, -0.25) is 9.59 Å². The van der Waals surface area contributed by atoms with E-state index in [-0.39, 0.29) is 6.61 Å². The third-order valence-electron chi connectivity index (χ3n) is 4.68. The number of hydrogen-bond acceptors (Lipinski definition) is 6. The molecule has 188 valence electrons. The lowest BCUT2D eigenvalue weighted by molar-refractivity contribution is -0.136. The molecule has 0 radical (unpaired) electrons. The van der Waals surface area contributed by atoms with Crippen molar-refractivity contribution in [2.45, 2.75) is 20.5 Å². The van der Waals surface area contributed by atoms with Crippen molar-refractivity contribution in [1.29, 1.82) is 0 Å². The fourth-order valence-corrected chi connectivity index (χ4v) is 3.46. The number of benzene rings is 3. The summed E-state index contributed by atoms with van der Waals surface area (Å²) in [5.74, 6) is -0.0908. The number of hydrogen-bond donors (Lipinski definition) is 2. The van der Waals surface area contributed by atoms with Gasteiger partial charge in [0, 0.05) is 21.3 Å². The molecule has 0 spiro atoms. The Balaban J connectivity index is 1.58. The molecule has 0 aromatic heterocycles. The van der Waals surface area contributed by atoms with Crippen LogP contribution in [0.15, 0.2) is 65.8 Å². The van der Waals surface area contributed by atoms with Crippen molar-refractivity contribution in [2.75, 3.05) is 18.5 Å². The molecular weight excluding hydrogens is 505 g/mol. The maximum Gasteiger partial charge on any atom is 0.329 e. The molecule has 0 unspecified atom stereocenters. The third kappa shape index (κ3) is 7.90. The van der Waals surface area contributed by atoms with Crippen molar-refractivity contribution < 1.29 is 23.8 Å². The van der Waals surface area contributed by atoms with E-state index in [1.807, 2.05) is 13.8 Å². The summed E-state index contributed by atoms with van der Waals surface area (Å²) in [4.78, 5) is 24.2. The van der Waals surface area contributed by atoms with Crippen molar-refractivity contribution >= 4 is 46.9 Å². The van der Waals surface area contributed by atoms with Gasteiger partial charge in [0.1, 0.15) is 12.4 Å². The predicted octanol–water partition coefficient (Wildman–Crippen LogP) is 5.46. The van der Waals surface area contributed by atoms with Gasteiger partial charge in [0.05, 0.1) is 19.4 Å². The number of amides is 2. The minimum absolute atomic E-state index is 0.225. The quantitative estimate of drug-likeness (QED) is 0.206. The second-order valence-electron chi connectivity index (χ2n) is 7.27. The molecule has 36 heavy (non-hydrogen) atoms. The minimum atomic E-state index is -0.912. The molecule has 0 atom stereocenters. The number of nitrogens with one attached hydrogen (secondary N) is 2. The minimum Gasteiger partial charge on any atom is -0.494 e. The fraction of sp³-hybridized carbons (Fsp3) is 0.192. The number of carbonyl (C=O) groups is 2. The molecule has 3 rings (SSSR count). The van der Waals surface area contributed by atoms with Crippen molar-refractivity contribution in [3.8, 4) is 17.2 Å². The first kappa shape index (κ1) is 26.8. The maximum absolute atomic E-state index is 12.1. The van der Waals surface area contributed by atoms with E-state index in [9.17, 15) is 9.59 Å². The molecule has 0 aliphatic heterocycles. The molecule has 0 heterocycles. The van der Waals surface area contributed by atoms with Crippen LogP contribution in [0.2, 0.25) is 10.0 Å². The normalized spacial score (nSPS) is 10.7. The van der Waals surface area contributed by atoms with Gasteiger partial charge >= 0.3 is 11.8 Å². The van der Waals surface area contributed by atoms with Crippen LogP contribution in [0.5, 0.6) is 17.2 Å². The molecular formula is C26H25Cl2N3O5. The van der Waals surface area contributed by atoms with Crippen LogP contribution in [0.3, 0.4) is 0 Å². The first-order chi connectivity index (χ1) is 17.4. The van der Waals surface area contributed by atoms with E-state index in [0.717, 1.165) is 5.56 Å². The van der Waals surface area contributed by atoms with Gasteiger partial charge in [-0.2, -0.15) is 5.10 Å². The van der Waals surface area contributed by atoms with Gasteiger partial charge in [0.2, 0.25) is 0 Å². The van der Waals surface area contributed by atoms with E-state index in [4.69, 9.17) is 37.4 Å². The topological polar surface area (TPSA) is 98.2 Å². The Morgan fingerprint density at radius 2 is 1.61 bits per heavy atom. The highest BCUT2D eigenvalue weighted by Crippen LogP contribution is 2.30. The van der Waals surface area contributed by atoms with Crippen LogP contribution in [0, 0.1) is 0 Å². The molecule has 0 saturated heterocycles. The van der Waals surface area contributed by atoms with E-state index in [0.29, 0.717) is 51.8 Å². The SMILES string of the molecule is CCOc1ccc(NC(=O)C(=O)N/N=C/c2ccc(OCc3ccc(Cl)cc3Cl)c(OCC)c2)cc1. The van der Waals surface area contributed by atoms with Crippen molar-refractivity contribution in [2.24, 2.45) is 5.10 Å². The predicted molar refractivity (Wildman–Crippen MR) is 140 cm³/mol. The average molecular weight is 530 g/mol. The molecule has 0 bridgehead atoms. The fourth-order valence-electron chi connectivity index (χ4n) is 2.99. The van der Waals surface area contributed by atoms with E-state index in [1.54, 1.807) is 60.7 Å². The molecule has 8 nitrogen and oxygen atoms in total. The Bertz CT molecular complexity index is 1230. The molecule has 0 aliphatic rings. The lowest BCUT2D eigenvalue weighted by atomic mass is 10.2. The monoisotopic (exact) mass is 529 g/mol. The first-order valence-electron chi connectivity index (χ1n) is 11.1. The number of halogens is 2. The summed E-state index contributed by atoms with van der Waals surface area (Å²) < 4.78 is 16.9. The number of carbonyl (C=O) groups excluding carboxylic acids is 2. The number of nitrogens with zero attached hydrogens (tertiary/aromatic N) is 1. The zero-order valence-corrected chi connectivity index (χ0v) is 21.2. The zero-order valence-electron chi connectivity index (χ0n) is 19.7. The molecule has 0 aliphatic carbocycles. The second-order valence-corrected chi connectivity index (χ2v) is 8.12. The molecule has 2 amide bonds. The van der Waals surface area contributed by atoms with Gasteiger partial charge in [-0.25, -0.2) is 5.43 Å². The maximum atomic E-state index is 12.1. The highest BCUT2D eigenvalue weighted by atomic mass is 35.5. The first-order valence-corrected chi connectivity index (χ1v) is 11.9. The summed E-state index contributed by atoms with van der Waals surface area (Å²) in [5.41, 5.74) is 4.07. The summed E-state index contributed by atoms with van der Waals surface area (Å²) in [5, 5.41) is 7.40. The zero-order chi connectivity index (χ0) is 25.9. The standard InChI is InChI=1S/C26H25Cl2N3O5/c1-3-34-21-10-8-20(9-11-21)30-25(32)26(33)31-29-15-17-5-12-23(24(13-17)35-4-2)36-16-18-6-7-19(27)14-22(18)28/h5-15H,3-4,16H2,1-2H3,(H,30,32)(H,31,33)/b29-15+. The Labute approximate surface area is 219 Å². The van der Waals surface area contributed by atoms with E-state index < -0.39 is 11.8 Å². The van der Waals surface area contributed by atoms with Crippen LogP contribution in [-0.4, -0.2) is 31.2 Å². The van der Waals surface area contributed by atoms with Crippen LogP contribution in [0.25, 0.3) is 0 Å². The summed E-state index contributed by atoms with van der Waals surface area (Å²) in [7, 11) is 0. The molecule has 3 aromatic rings. The van der Waals surface area contributed by atoms with Gasteiger partial charge in [-0.05, 0) is 74.0 Å². The van der Waals surface area contributed by atoms with Crippen molar-refractivity contribution in [3.05, 3.63) is 81.8 Å². The van der Waals surface area contributed by atoms with Crippen LogP contribution < -0.4 is 25.0 Å². The summed E-state index contributed by atoms with van der Waals surface area (Å²) >= 11 is 12.1. The Morgan fingerprint density at radius 1 is 0.861 bits per heavy atom. The smallest absolute Gasteiger partial charge is 0.329 e. The highest BCUT2D eigenvalue weighted by molar-refractivity contribution is 6.39. The Kier molecular flexibility index (Phi) is 9.97. The summed E-state index contributed by atoms with van der Waals surface area (Å²) in [6.07, 6.45) is 1.39. The van der Waals surface area contributed by atoms with Crippen molar-refractivity contribution in [3.63, 3.8) is 0 Å². The molecule has 3 aromatic carbocycles.